The summed E-state index contributed by atoms with van der Waals surface area (Å²) in [6.45, 7) is 7.13. The number of nitrogens with one attached hydrogen (secondary N) is 1. The molecule has 4 nitrogen and oxygen atoms in total. The summed E-state index contributed by atoms with van der Waals surface area (Å²) in [4.78, 5) is 7.06. The quantitative estimate of drug-likeness (QED) is 0.826. The summed E-state index contributed by atoms with van der Waals surface area (Å²) >= 11 is 0. The molecule has 1 aromatic heterocycles. The predicted octanol–water partition coefficient (Wildman–Crippen LogP) is 2.11. The molecule has 1 N–H and O–H groups in total. The van der Waals surface area contributed by atoms with E-state index in [9.17, 15) is 0 Å². The van der Waals surface area contributed by atoms with Crippen LogP contribution < -0.4 is 5.32 Å². The van der Waals surface area contributed by atoms with E-state index < -0.39 is 0 Å². The van der Waals surface area contributed by atoms with E-state index in [-0.39, 0.29) is 0 Å². The van der Waals surface area contributed by atoms with Crippen molar-refractivity contribution in [3.05, 3.63) is 25.0 Å². The van der Waals surface area contributed by atoms with Crippen molar-refractivity contribution in [1.29, 1.82) is 0 Å². The topological polar surface area (TPSA) is 33.1 Å². The number of aromatic nitrogens is 2. The lowest BCUT2D eigenvalue weighted by atomic mass is 9.99. The second kappa shape index (κ2) is 5.14. The molecule has 2 atom stereocenters. The van der Waals surface area contributed by atoms with Crippen LogP contribution in [0.25, 0.3) is 0 Å². The lowest BCUT2D eigenvalue weighted by Crippen LogP contribution is -2.42. The van der Waals surface area contributed by atoms with Crippen LogP contribution in [0, 0.1) is 0 Å². The number of rotatable bonds is 4. The van der Waals surface area contributed by atoms with Crippen LogP contribution in [0.5, 0.6) is 0 Å². The highest BCUT2D eigenvalue weighted by atomic mass is 15.3. The third-order valence-corrected chi connectivity index (χ3v) is 4.21. The van der Waals surface area contributed by atoms with Crippen molar-refractivity contribution in [2.75, 3.05) is 18.4 Å². The van der Waals surface area contributed by atoms with E-state index in [2.05, 4.69) is 26.3 Å². The third-order valence-electron chi connectivity index (χ3n) is 4.21. The zero-order valence-electron chi connectivity index (χ0n) is 10.9. The summed E-state index contributed by atoms with van der Waals surface area (Å²) in [6.07, 6.45) is 11.1. The molecular formula is C14H22N4. The lowest BCUT2D eigenvalue weighted by Gasteiger charge is -2.32. The number of hydrogen-bond donors (Lipinski definition) is 1. The maximum atomic E-state index is 4.42. The van der Waals surface area contributed by atoms with Crippen molar-refractivity contribution < 1.29 is 0 Å². The molecule has 18 heavy (non-hydrogen) atoms. The summed E-state index contributed by atoms with van der Waals surface area (Å²) < 4.78 is 2.12. The van der Waals surface area contributed by atoms with Gasteiger partial charge in [-0.05, 0) is 25.8 Å². The predicted molar refractivity (Wildman–Crippen MR) is 73.7 cm³/mol. The van der Waals surface area contributed by atoms with Gasteiger partial charge in [-0.25, -0.2) is 4.98 Å². The minimum absolute atomic E-state index is 0.566. The van der Waals surface area contributed by atoms with Crippen molar-refractivity contribution >= 4 is 5.95 Å². The molecule has 0 aliphatic carbocycles. The average molecular weight is 246 g/mol. The molecule has 2 aliphatic rings. The SMILES string of the molecule is C=CCn1ccnc1NC1CCN2CCCCC12. The molecular weight excluding hydrogens is 224 g/mol. The summed E-state index contributed by atoms with van der Waals surface area (Å²) in [5.74, 6) is 0.993. The van der Waals surface area contributed by atoms with E-state index in [4.69, 9.17) is 0 Å². The fraction of sp³-hybridized carbons (Fsp3) is 0.643. The zero-order valence-corrected chi connectivity index (χ0v) is 10.9. The largest absolute Gasteiger partial charge is 0.351 e. The summed E-state index contributed by atoms with van der Waals surface area (Å²) in [5.41, 5.74) is 0. The molecule has 0 spiro atoms. The molecule has 0 saturated carbocycles. The first-order valence-corrected chi connectivity index (χ1v) is 7.01. The number of nitrogens with zero attached hydrogens (tertiary/aromatic N) is 3. The molecule has 0 radical (unpaired) electrons. The molecule has 2 fully saturated rings. The maximum absolute atomic E-state index is 4.42. The molecule has 1 aromatic rings. The average Bonchev–Trinajstić information content (AvgIpc) is 2.99. The summed E-state index contributed by atoms with van der Waals surface area (Å²) in [6, 6.07) is 1.28. The fourth-order valence-corrected chi connectivity index (χ4v) is 3.32. The molecule has 0 amide bonds. The highest BCUT2D eigenvalue weighted by Crippen LogP contribution is 2.28. The second-order valence-corrected chi connectivity index (χ2v) is 5.33. The van der Waals surface area contributed by atoms with E-state index >= 15 is 0 Å². The van der Waals surface area contributed by atoms with Crippen LogP contribution in [-0.4, -0.2) is 39.6 Å². The molecule has 3 rings (SSSR count). The first kappa shape index (κ1) is 11.8. The van der Waals surface area contributed by atoms with Crippen molar-refractivity contribution in [2.45, 2.75) is 44.3 Å². The Balaban J connectivity index is 1.68. The van der Waals surface area contributed by atoms with Crippen LogP contribution in [0.1, 0.15) is 25.7 Å². The van der Waals surface area contributed by atoms with Gasteiger partial charge in [0.15, 0.2) is 0 Å². The van der Waals surface area contributed by atoms with Gasteiger partial charge in [0, 0.05) is 37.6 Å². The summed E-state index contributed by atoms with van der Waals surface area (Å²) in [5, 5.41) is 3.64. The van der Waals surface area contributed by atoms with Gasteiger partial charge in [-0.1, -0.05) is 12.5 Å². The highest BCUT2D eigenvalue weighted by molar-refractivity contribution is 5.29. The van der Waals surface area contributed by atoms with Crippen molar-refractivity contribution in [2.24, 2.45) is 0 Å². The Morgan fingerprint density at radius 2 is 2.33 bits per heavy atom. The Kier molecular flexibility index (Phi) is 3.37. The van der Waals surface area contributed by atoms with Crippen molar-refractivity contribution in [3.8, 4) is 0 Å². The Morgan fingerprint density at radius 3 is 3.22 bits per heavy atom. The van der Waals surface area contributed by atoms with Crippen LogP contribution >= 0.6 is 0 Å². The minimum Gasteiger partial charge on any atom is -0.351 e. The van der Waals surface area contributed by atoms with Gasteiger partial charge in [0.1, 0.15) is 0 Å². The van der Waals surface area contributed by atoms with Gasteiger partial charge in [-0.2, -0.15) is 0 Å². The van der Waals surface area contributed by atoms with Gasteiger partial charge >= 0.3 is 0 Å². The molecule has 2 aliphatic heterocycles. The van der Waals surface area contributed by atoms with E-state index in [1.54, 1.807) is 0 Å². The minimum atomic E-state index is 0.566. The maximum Gasteiger partial charge on any atom is 0.203 e. The van der Waals surface area contributed by atoms with E-state index in [0.717, 1.165) is 12.5 Å². The summed E-state index contributed by atoms with van der Waals surface area (Å²) in [7, 11) is 0. The highest BCUT2D eigenvalue weighted by Gasteiger charge is 2.35. The van der Waals surface area contributed by atoms with Gasteiger partial charge in [0.2, 0.25) is 5.95 Å². The van der Waals surface area contributed by atoms with Crippen LogP contribution in [0.2, 0.25) is 0 Å². The number of fused-ring (bicyclic) bond motifs is 1. The first-order valence-electron chi connectivity index (χ1n) is 7.01. The second-order valence-electron chi connectivity index (χ2n) is 5.33. The number of anilines is 1. The first-order chi connectivity index (χ1) is 8.88. The molecule has 2 unspecified atom stereocenters. The molecule has 2 saturated heterocycles. The molecule has 4 heteroatoms. The van der Waals surface area contributed by atoms with Gasteiger partial charge in [-0.15, -0.1) is 6.58 Å². The van der Waals surface area contributed by atoms with Crippen LogP contribution in [0.15, 0.2) is 25.0 Å². The van der Waals surface area contributed by atoms with Gasteiger partial charge in [0.05, 0.1) is 0 Å². The smallest absolute Gasteiger partial charge is 0.203 e. The lowest BCUT2D eigenvalue weighted by molar-refractivity contribution is 0.192. The third kappa shape index (κ3) is 2.17. The van der Waals surface area contributed by atoms with Gasteiger partial charge < -0.3 is 9.88 Å². The van der Waals surface area contributed by atoms with Crippen LogP contribution in [0.4, 0.5) is 5.95 Å². The fourth-order valence-electron chi connectivity index (χ4n) is 3.32. The van der Waals surface area contributed by atoms with E-state index in [0.29, 0.717) is 12.1 Å². The molecule has 0 bridgehead atoms. The Morgan fingerprint density at radius 1 is 1.39 bits per heavy atom. The Hall–Kier alpha value is -1.29. The standard InChI is InChI=1S/C14H22N4/c1-2-8-18-11-7-15-14(18)16-12-6-10-17-9-4-3-5-13(12)17/h2,7,11-13H,1,3-6,8-10H2,(H,15,16). The number of piperidine rings is 1. The van der Waals surface area contributed by atoms with E-state index in [1.165, 1.54) is 38.8 Å². The van der Waals surface area contributed by atoms with Gasteiger partial charge in [0.25, 0.3) is 0 Å². The van der Waals surface area contributed by atoms with Crippen LogP contribution in [0.3, 0.4) is 0 Å². The van der Waals surface area contributed by atoms with E-state index in [1.807, 2.05) is 18.5 Å². The molecule has 98 valence electrons. The number of imidazole rings is 1. The number of allylic oxidation sites excluding steroid dienone is 1. The van der Waals surface area contributed by atoms with Crippen molar-refractivity contribution in [3.63, 3.8) is 0 Å². The van der Waals surface area contributed by atoms with Gasteiger partial charge in [-0.3, -0.25) is 4.90 Å². The Labute approximate surface area is 109 Å². The van der Waals surface area contributed by atoms with Crippen LogP contribution in [-0.2, 0) is 6.54 Å². The normalized spacial score (nSPS) is 28.0. The monoisotopic (exact) mass is 246 g/mol. The molecule has 0 aromatic carbocycles. The number of hydrogen-bond acceptors (Lipinski definition) is 3. The zero-order chi connectivity index (χ0) is 12.4. The Bertz CT molecular complexity index is 412. The van der Waals surface area contributed by atoms with Crippen molar-refractivity contribution in [1.82, 2.24) is 14.5 Å². The molecule has 3 heterocycles.